The van der Waals surface area contributed by atoms with Gasteiger partial charge in [-0.2, -0.15) is 0 Å². The second-order valence-electron chi connectivity index (χ2n) is 12.2. The van der Waals surface area contributed by atoms with Crippen molar-refractivity contribution >= 4 is 29.5 Å². The molecule has 1 aromatic heterocycles. The summed E-state index contributed by atoms with van der Waals surface area (Å²) in [6.45, 7) is 5.76. The third-order valence-corrected chi connectivity index (χ3v) is 7.49. The zero-order valence-corrected chi connectivity index (χ0v) is 24.8. The lowest BCUT2D eigenvalue weighted by Gasteiger charge is -2.28. The van der Waals surface area contributed by atoms with Gasteiger partial charge in [-0.1, -0.05) is 43.2 Å². The largest absolute Gasteiger partial charge is 0.444 e. The number of rotatable bonds is 12. The van der Waals surface area contributed by atoms with Gasteiger partial charge in [0.1, 0.15) is 17.3 Å². The lowest BCUT2D eigenvalue weighted by atomic mass is 9.94. The Morgan fingerprint density at radius 2 is 1.74 bits per heavy atom. The first kappa shape index (κ1) is 31.7. The molecule has 4 atom stereocenters. The third-order valence-electron chi connectivity index (χ3n) is 7.49. The topological polar surface area (TPSA) is 168 Å². The van der Waals surface area contributed by atoms with Crippen molar-refractivity contribution < 1.29 is 29.0 Å². The van der Waals surface area contributed by atoms with E-state index in [1.807, 2.05) is 30.3 Å². The predicted molar refractivity (Wildman–Crippen MR) is 159 cm³/mol. The van der Waals surface area contributed by atoms with Crippen molar-refractivity contribution in [3.05, 3.63) is 64.6 Å². The van der Waals surface area contributed by atoms with Crippen molar-refractivity contribution in [1.29, 1.82) is 0 Å². The molecule has 1 saturated carbocycles. The average molecular weight is 596 g/mol. The van der Waals surface area contributed by atoms with E-state index in [2.05, 4.69) is 21.3 Å². The van der Waals surface area contributed by atoms with Crippen LogP contribution in [0.3, 0.4) is 0 Å². The maximum Gasteiger partial charge on any atom is 0.412 e. The second kappa shape index (κ2) is 13.9. The van der Waals surface area contributed by atoms with Gasteiger partial charge in [0, 0.05) is 25.2 Å². The number of benzene rings is 1. The zero-order valence-electron chi connectivity index (χ0n) is 24.8. The number of aliphatic hydroxyl groups is 1. The van der Waals surface area contributed by atoms with Gasteiger partial charge in [0.05, 0.1) is 6.04 Å². The van der Waals surface area contributed by atoms with E-state index in [1.165, 1.54) is 16.8 Å². The van der Waals surface area contributed by atoms with Crippen LogP contribution in [0.4, 0.5) is 10.5 Å². The highest BCUT2D eigenvalue weighted by molar-refractivity contribution is 5.86. The smallest absolute Gasteiger partial charge is 0.412 e. The molecular formula is C31H41N5O7. The number of carbonyl (C=O) groups is 4. The first-order valence-corrected chi connectivity index (χ1v) is 14.7. The van der Waals surface area contributed by atoms with Crippen LogP contribution in [0.2, 0.25) is 0 Å². The van der Waals surface area contributed by atoms with Gasteiger partial charge in [0.25, 0.3) is 11.5 Å². The van der Waals surface area contributed by atoms with Crippen molar-refractivity contribution in [1.82, 2.24) is 20.5 Å². The molecule has 0 bridgehead atoms. The number of nitrogens with one attached hydrogen (secondary N) is 4. The summed E-state index contributed by atoms with van der Waals surface area (Å²) in [5, 5.41) is 21.8. The highest BCUT2D eigenvalue weighted by Gasteiger charge is 2.37. The average Bonchev–Trinajstić information content (AvgIpc) is 3.69. The van der Waals surface area contributed by atoms with Crippen LogP contribution in [0, 0.1) is 11.8 Å². The van der Waals surface area contributed by atoms with Gasteiger partial charge in [-0.3, -0.25) is 24.5 Å². The number of amides is 4. The second-order valence-corrected chi connectivity index (χ2v) is 12.2. The van der Waals surface area contributed by atoms with Crippen molar-refractivity contribution in [2.45, 2.75) is 83.2 Å². The highest BCUT2D eigenvalue weighted by Crippen LogP contribution is 2.37. The summed E-state index contributed by atoms with van der Waals surface area (Å²) in [4.78, 5) is 65.0. The molecule has 12 nitrogen and oxygen atoms in total. The fourth-order valence-electron chi connectivity index (χ4n) is 5.07. The van der Waals surface area contributed by atoms with E-state index in [4.69, 9.17) is 4.74 Å². The number of carbonyl (C=O) groups excluding carboxylic acids is 4. The molecule has 12 heteroatoms. The summed E-state index contributed by atoms with van der Waals surface area (Å²) >= 11 is 0. The Bertz CT molecular complexity index is 1370. The molecular weight excluding hydrogens is 554 g/mol. The van der Waals surface area contributed by atoms with E-state index in [0.29, 0.717) is 19.4 Å². The molecule has 2 aromatic rings. The minimum Gasteiger partial charge on any atom is -0.444 e. The summed E-state index contributed by atoms with van der Waals surface area (Å²) in [7, 11) is 0. The summed E-state index contributed by atoms with van der Waals surface area (Å²) in [5.41, 5.74) is -0.583. The minimum absolute atomic E-state index is 0.0444. The predicted octanol–water partition coefficient (Wildman–Crippen LogP) is 2.22. The summed E-state index contributed by atoms with van der Waals surface area (Å²) in [6.07, 6.45) is 1.75. The molecule has 4 rings (SSSR count). The van der Waals surface area contributed by atoms with Gasteiger partial charge >= 0.3 is 6.09 Å². The van der Waals surface area contributed by atoms with Gasteiger partial charge in [0.15, 0.2) is 6.10 Å². The first-order chi connectivity index (χ1) is 20.4. The van der Waals surface area contributed by atoms with E-state index in [0.717, 1.165) is 18.4 Å². The number of anilines is 1. The molecule has 1 aromatic carbocycles. The fraction of sp³-hybridized carbons (Fsp3) is 0.516. The molecule has 2 heterocycles. The van der Waals surface area contributed by atoms with E-state index >= 15 is 0 Å². The molecule has 0 radical (unpaired) electrons. The number of aliphatic hydroxyl groups excluding tert-OH is 1. The Kier molecular flexibility index (Phi) is 10.2. The lowest BCUT2D eigenvalue weighted by Crippen LogP contribution is -2.53. The van der Waals surface area contributed by atoms with Crippen LogP contribution in [-0.4, -0.2) is 57.8 Å². The zero-order chi connectivity index (χ0) is 31.1. The number of nitrogens with zero attached hydrogens (tertiary/aromatic N) is 1. The van der Waals surface area contributed by atoms with E-state index in [9.17, 15) is 29.1 Å². The normalized spacial score (nSPS) is 18.6. The Labute approximate surface area is 250 Å². The maximum absolute atomic E-state index is 13.8. The summed E-state index contributed by atoms with van der Waals surface area (Å²) < 4.78 is 6.52. The standard InChI is InChI=1S/C31H41N5O7/c1-31(2,3)43-30(42)35-22-10-7-15-36(29(22)41)24(16-19-11-12-19)27(39)34-23(17-21-13-14-32-26(21)38)25(37)28(40)33-18-20-8-5-4-6-9-20/h4-10,15,19,21,23-25,37H,11-14,16-18H2,1-3H3,(H,32,38)(H,33,40)(H,34,39)(H,35,42)/t21-,23-,24-,25+/m0/s1. The quantitative estimate of drug-likeness (QED) is 0.251. The van der Waals surface area contributed by atoms with Crippen LogP contribution < -0.4 is 26.8 Å². The van der Waals surface area contributed by atoms with Crippen LogP contribution in [0.15, 0.2) is 53.5 Å². The van der Waals surface area contributed by atoms with Crippen molar-refractivity contribution in [3.8, 4) is 0 Å². The molecule has 0 spiro atoms. The number of ether oxygens (including phenoxy) is 1. The molecule has 1 aliphatic heterocycles. The van der Waals surface area contributed by atoms with Gasteiger partial charge in [-0.05, 0) is 63.6 Å². The molecule has 2 aliphatic rings. The maximum atomic E-state index is 13.8. The van der Waals surface area contributed by atoms with E-state index < -0.39 is 53.2 Å². The lowest BCUT2D eigenvalue weighted by molar-refractivity contribution is -0.134. The van der Waals surface area contributed by atoms with Crippen LogP contribution in [0.5, 0.6) is 0 Å². The summed E-state index contributed by atoms with van der Waals surface area (Å²) in [6, 6.07) is 10.1. The van der Waals surface area contributed by atoms with Crippen LogP contribution in [0.1, 0.15) is 64.5 Å². The molecule has 43 heavy (non-hydrogen) atoms. The van der Waals surface area contributed by atoms with Crippen molar-refractivity contribution in [2.24, 2.45) is 11.8 Å². The number of hydrogen-bond donors (Lipinski definition) is 5. The number of hydrogen-bond acceptors (Lipinski definition) is 7. The molecule has 2 fully saturated rings. The Balaban J connectivity index is 1.54. The van der Waals surface area contributed by atoms with Crippen LogP contribution in [0.25, 0.3) is 0 Å². The van der Waals surface area contributed by atoms with Gasteiger partial charge in [-0.25, -0.2) is 4.79 Å². The van der Waals surface area contributed by atoms with Gasteiger partial charge in [-0.15, -0.1) is 0 Å². The highest BCUT2D eigenvalue weighted by atomic mass is 16.6. The Hall–Kier alpha value is -4.19. The third kappa shape index (κ3) is 9.15. The first-order valence-electron chi connectivity index (χ1n) is 14.7. The molecule has 1 saturated heterocycles. The fourth-order valence-corrected chi connectivity index (χ4v) is 5.07. The Morgan fingerprint density at radius 3 is 2.37 bits per heavy atom. The van der Waals surface area contributed by atoms with Crippen molar-refractivity contribution in [3.63, 3.8) is 0 Å². The molecule has 0 unspecified atom stereocenters. The monoisotopic (exact) mass is 595 g/mol. The number of aromatic nitrogens is 1. The molecule has 1 aliphatic carbocycles. The summed E-state index contributed by atoms with van der Waals surface area (Å²) in [5.74, 6) is -1.73. The minimum atomic E-state index is -1.64. The molecule has 5 N–H and O–H groups in total. The van der Waals surface area contributed by atoms with Crippen LogP contribution >= 0.6 is 0 Å². The Morgan fingerprint density at radius 1 is 1.02 bits per heavy atom. The van der Waals surface area contributed by atoms with Crippen LogP contribution in [-0.2, 0) is 25.7 Å². The van der Waals surface area contributed by atoms with E-state index in [1.54, 1.807) is 26.8 Å². The van der Waals surface area contributed by atoms with Gasteiger partial charge < -0.3 is 30.4 Å². The van der Waals surface area contributed by atoms with E-state index in [-0.39, 0.29) is 30.5 Å². The SMILES string of the molecule is CC(C)(C)OC(=O)Nc1cccn([C@@H](CC2CC2)C(=O)N[C@@H](C[C@@H]2CCNC2=O)[C@@H](O)C(=O)NCc2ccccc2)c1=O. The molecule has 4 amide bonds. The molecule has 232 valence electrons. The number of pyridine rings is 1. The van der Waals surface area contributed by atoms with Gasteiger partial charge in [0.2, 0.25) is 11.8 Å². The van der Waals surface area contributed by atoms with Crippen molar-refractivity contribution in [2.75, 3.05) is 11.9 Å².